The molecule has 1 amide bonds. The second-order valence-corrected chi connectivity index (χ2v) is 9.10. The molecule has 2 fully saturated rings. The Balaban J connectivity index is 1.22. The minimum absolute atomic E-state index is 0.00539. The first-order chi connectivity index (χ1) is 15.5. The molecule has 4 N–H and O–H groups in total. The van der Waals surface area contributed by atoms with E-state index < -0.39 is 0 Å². The summed E-state index contributed by atoms with van der Waals surface area (Å²) in [6.07, 6.45) is 10.8. The van der Waals surface area contributed by atoms with Crippen LogP contribution in [0, 0.1) is 17.8 Å². The van der Waals surface area contributed by atoms with Gasteiger partial charge in [-0.1, -0.05) is 18.2 Å². The van der Waals surface area contributed by atoms with Crippen LogP contribution in [0.25, 0.3) is 0 Å². The van der Waals surface area contributed by atoms with Crippen molar-refractivity contribution in [1.82, 2.24) is 21.2 Å². The lowest BCUT2D eigenvalue weighted by atomic mass is 10.0. The first kappa shape index (κ1) is 22.5. The SMILES string of the molecule is COc1cccc(/C=N\NC(=O)[C@H]2CCCN(C(=S)NN[C@H]3C[C@H]4C=C[C@H]3C4)CC2)c1O. The van der Waals surface area contributed by atoms with Gasteiger partial charge in [-0.05, 0) is 68.3 Å². The summed E-state index contributed by atoms with van der Waals surface area (Å²) >= 11 is 5.59. The number of likely N-dealkylation sites (tertiary alicyclic amines) is 1. The van der Waals surface area contributed by atoms with Crippen molar-refractivity contribution in [3.8, 4) is 11.5 Å². The molecular weight excluding hydrogens is 426 g/mol. The lowest BCUT2D eigenvalue weighted by Gasteiger charge is -2.27. The Labute approximate surface area is 194 Å². The molecule has 4 rings (SSSR count). The largest absolute Gasteiger partial charge is 0.504 e. The number of hydrogen-bond donors (Lipinski definition) is 4. The molecule has 0 unspecified atom stereocenters. The van der Waals surface area contributed by atoms with Crippen molar-refractivity contribution in [3.05, 3.63) is 35.9 Å². The van der Waals surface area contributed by atoms with E-state index in [4.69, 9.17) is 17.0 Å². The fourth-order valence-corrected chi connectivity index (χ4v) is 5.05. The van der Waals surface area contributed by atoms with E-state index in [-0.39, 0.29) is 17.6 Å². The fraction of sp³-hybridized carbons (Fsp3) is 0.522. The van der Waals surface area contributed by atoms with Crippen LogP contribution in [0.4, 0.5) is 0 Å². The maximum Gasteiger partial charge on any atom is 0.243 e. The number of nitrogens with one attached hydrogen (secondary N) is 3. The molecule has 0 spiro atoms. The summed E-state index contributed by atoms with van der Waals surface area (Å²) in [7, 11) is 1.49. The third kappa shape index (κ3) is 5.21. The van der Waals surface area contributed by atoms with Gasteiger partial charge in [0.05, 0.1) is 13.3 Å². The van der Waals surface area contributed by atoms with Crippen LogP contribution in [0.2, 0.25) is 0 Å². The number of hydrogen-bond acceptors (Lipinski definition) is 6. The first-order valence-electron chi connectivity index (χ1n) is 11.2. The van der Waals surface area contributed by atoms with Crippen molar-refractivity contribution >= 4 is 29.5 Å². The van der Waals surface area contributed by atoms with Gasteiger partial charge in [0.1, 0.15) is 0 Å². The van der Waals surface area contributed by atoms with E-state index >= 15 is 0 Å². The molecule has 1 aromatic rings. The molecule has 3 aliphatic rings. The smallest absolute Gasteiger partial charge is 0.243 e. The number of phenolic OH excluding ortho intramolecular Hbond substituents is 1. The Bertz CT molecular complexity index is 906. The Morgan fingerprint density at radius 2 is 2.16 bits per heavy atom. The number of carbonyl (C=O) groups excluding carboxylic acids is 1. The quantitative estimate of drug-likeness (QED) is 0.225. The number of phenols is 1. The number of nitrogens with zero attached hydrogens (tertiary/aromatic N) is 2. The molecule has 1 saturated heterocycles. The molecule has 32 heavy (non-hydrogen) atoms. The number of fused-ring (bicyclic) bond motifs is 2. The third-order valence-electron chi connectivity index (χ3n) is 6.66. The van der Waals surface area contributed by atoms with Gasteiger partial charge in [-0.2, -0.15) is 5.10 Å². The first-order valence-corrected chi connectivity index (χ1v) is 11.6. The standard InChI is InChI=1S/C23H31N5O3S/c1-31-20-6-2-4-18(21(20)29)14-24-26-22(30)16-5-3-10-28(11-9-16)23(32)27-25-19-13-15-7-8-17(19)12-15/h2,4,6-8,14-17,19,25,29H,3,5,9-13H2,1H3,(H,26,30)(H,27,32)/b24-14-/t15-,16-,17-,19-/m0/s1. The molecule has 4 atom stereocenters. The normalized spacial score (nSPS) is 26.8. The molecule has 1 aliphatic heterocycles. The highest BCUT2D eigenvalue weighted by Gasteiger charge is 2.35. The van der Waals surface area contributed by atoms with Crippen molar-refractivity contribution in [3.63, 3.8) is 0 Å². The Morgan fingerprint density at radius 3 is 2.91 bits per heavy atom. The maximum absolute atomic E-state index is 12.6. The van der Waals surface area contributed by atoms with E-state index in [2.05, 4.69) is 38.4 Å². The highest BCUT2D eigenvalue weighted by atomic mass is 32.1. The molecule has 1 heterocycles. The number of amides is 1. The highest BCUT2D eigenvalue weighted by molar-refractivity contribution is 7.80. The average molecular weight is 458 g/mol. The number of rotatable bonds is 6. The summed E-state index contributed by atoms with van der Waals surface area (Å²) in [6, 6.07) is 5.55. The zero-order chi connectivity index (χ0) is 22.5. The van der Waals surface area contributed by atoms with E-state index in [0.29, 0.717) is 40.7 Å². The monoisotopic (exact) mass is 457 g/mol. The molecule has 2 aliphatic carbocycles. The minimum atomic E-state index is -0.123. The van der Waals surface area contributed by atoms with E-state index in [0.717, 1.165) is 32.4 Å². The van der Waals surface area contributed by atoms with Gasteiger partial charge in [-0.3, -0.25) is 10.2 Å². The second kappa shape index (κ2) is 10.3. The lowest BCUT2D eigenvalue weighted by Crippen LogP contribution is -2.51. The van der Waals surface area contributed by atoms with E-state index in [1.165, 1.54) is 19.7 Å². The molecule has 2 bridgehead atoms. The Hall–Kier alpha value is -2.65. The number of para-hydroxylation sites is 1. The van der Waals surface area contributed by atoms with Crippen LogP contribution in [0.15, 0.2) is 35.5 Å². The average Bonchev–Trinajstić information content (AvgIpc) is 3.33. The van der Waals surface area contributed by atoms with Crippen LogP contribution in [0.5, 0.6) is 11.5 Å². The Morgan fingerprint density at radius 1 is 1.28 bits per heavy atom. The predicted molar refractivity (Wildman–Crippen MR) is 127 cm³/mol. The highest BCUT2D eigenvalue weighted by Crippen LogP contribution is 2.38. The van der Waals surface area contributed by atoms with Crippen molar-refractivity contribution in [1.29, 1.82) is 0 Å². The zero-order valence-corrected chi connectivity index (χ0v) is 19.1. The van der Waals surface area contributed by atoms with Gasteiger partial charge in [0.15, 0.2) is 16.6 Å². The van der Waals surface area contributed by atoms with E-state index in [1.807, 2.05) is 0 Å². The minimum Gasteiger partial charge on any atom is -0.504 e. The maximum atomic E-state index is 12.6. The summed E-state index contributed by atoms with van der Waals surface area (Å²) in [6.45, 7) is 1.55. The molecule has 1 aromatic carbocycles. The van der Waals surface area contributed by atoms with Crippen LogP contribution in [0.1, 0.15) is 37.7 Å². The summed E-state index contributed by atoms with van der Waals surface area (Å²) in [5.41, 5.74) is 9.73. The number of methoxy groups -OCH3 is 1. The number of allylic oxidation sites excluding steroid dienone is 1. The summed E-state index contributed by atoms with van der Waals surface area (Å²) in [5, 5.41) is 14.8. The van der Waals surface area contributed by atoms with Crippen LogP contribution in [-0.4, -0.2) is 53.5 Å². The molecule has 172 valence electrons. The van der Waals surface area contributed by atoms with Gasteiger partial charge in [0.2, 0.25) is 5.91 Å². The van der Waals surface area contributed by atoms with Crippen molar-refractivity contribution in [2.45, 2.75) is 38.1 Å². The van der Waals surface area contributed by atoms with Gasteiger partial charge < -0.3 is 14.7 Å². The molecule has 0 radical (unpaired) electrons. The Kier molecular flexibility index (Phi) is 7.26. The summed E-state index contributed by atoms with van der Waals surface area (Å²) in [5.74, 6) is 1.43. The van der Waals surface area contributed by atoms with E-state index in [9.17, 15) is 9.90 Å². The van der Waals surface area contributed by atoms with Crippen LogP contribution in [0.3, 0.4) is 0 Å². The summed E-state index contributed by atoms with van der Waals surface area (Å²) < 4.78 is 5.08. The van der Waals surface area contributed by atoms with Gasteiger partial charge in [0.25, 0.3) is 0 Å². The lowest BCUT2D eigenvalue weighted by molar-refractivity contribution is -0.125. The zero-order valence-electron chi connectivity index (χ0n) is 18.3. The molecular formula is C23H31N5O3S. The number of ether oxygens (including phenoxy) is 1. The van der Waals surface area contributed by atoms with Crippen LogP contribution >= 0.6 is 12.2 Å². The number of carbonyl (C=O) groups is 1. The number of hydrazine groups is 1. The van der Waals surface area contributed by atoms with Gasteiger partial charge >= 0.3 is 0 Å². The molecule has 9 heteroatoms. The van der Waals surface area contributed by atoms with Crippen molar-refractivity contribution in [2.24, 2.45) is 22.9 Å². The van der Waals surface area contributed by atoms with Crippen LogP contribution in [-0.2, 0) is 4.79 Å². The number of aromatic hydroxyl groups is 1. The number of benzene rings is 1. The topological polar surface area (TPSA) is 98.2 Å². The third-order valence-corrected chi connectivity index (χ3v) is 7.02. The number of hydrazone groups is 1. The van der Waals surface area contributed by atoms with Gasteiger partial charge in [0, 0.05) is 30.6 Å². The molecule has 1 saturated carbocycles. The fourth-order valence-electron chi connectivity index (χ4n) is 4.81. The second-order valence-electron chi connectivity index (χ2n) is 8.71. The van der Waals surface area contributed by atoms with E-state index in [1.54, 1.807) is 18.2 Å². The van der Waals surface area contributed by atoms with Crippen molar-refractivity contribution < 1.29 is 14.6 Å². The van der Waals surface area contributed by atoms with Gasteiger partial charge in [-0.25, -0.2) is 10.9 Å². The summed E-state index contributed by atoms with van der Waals surface area (Å²) in [4.78, 5) is 14.7. The van der Waals surface area contributed by atoms with Crippen LogP contribution < -0.4 is 21.0 Å². The number of thiocarbonyl (C=S) groups is 1. The predicted octanol–water partition coefficient (Wildman–Crippen LogP) is 2.30. The molecule has 8 nitrogen and oxygen atoms in total. The molecule has 0 aromatic heterocycles. The van der Waals surface area contributed by atoms with Crippen molar-refractivity contribution in [2.75, 3.05) is 20.2 Å². The van der Waals surface area contributed by atoms with Gasteiger partial charge in [-0.15, -0.1) is 0 Å².